The predicted molar refractivity (Wildman–Crippen MR) is 80.7 cm³/mol. The van der Waals surface area contributed by atoms with Gasteiger partial charge in [0.1, 0.15) is 0 Å². The van der Waals surface area contributed by atoms with E-state index in [1.807, 2.05) is 0 Å². The molecule has 0 aliphatic carbocycles. The summed E-state index contributed by atoms with van der Waals surface area (Å²) < 4.78 is 10.5. The highest BCUT2D eigenvalue weighted by Crippen LogP contribution is 2.21. The van der Waals surface area contributed by atoms with Crippen LogP contribution in [0.2, 0.25) is 0 Å². The first-order valence-corrected chi connectivity index (χ1v) is 6.99. The number of methoxy groups -OCH3 is 2. The Morgan fingerprint density at radius 1 is 1.21 bits per heavy atom. The van der Waals surface area contributed by atoms with E-state index < -0.39 is 0 Å². The second-order valence-corrected chi connectivity index (χ2v) is 5.58. The Morgan fingerprint density at radius 2 is 1.89 bits per heavy atom. The van der Waals surface area contributed by atoms with Crippen LogP contribution in [0.1, 0.15) is 34.1 Å². The van der Waals surface area contributed by atoms with Gasteiger partial charge in [-0.15, -0.1) is 0 Å². The average Bonchev–Trinajstić information content (AvgIpc) is 2.33. The fourth-order valence-electron chi connectivity index (χ4n) is 1.64. The zero-order chi connectivity index (χ0) is 14.7. The molecule has 0 bridgehead atoms. The van der Waals surface area contributed by atoms with E-state index >= 15 is 0 Å². The first-order chi connectivity index (χ1) is 8.95. The van der Waals surface area contributed by atoms with Gasteiger partial charge in [0.25, 0.3) is 0 Å². The molecular formula is C14H31N3O2. The van der Waals surface area contributed by atoms with E-state index in [-0.39, 0.29) is 11.5 Å². The highest BCUT2D eigenvalue weighted by molar-refractivity contribution is 5.79. The molecule has 0 amide bonds. The summed E-state index contributed by atoms with van der Waals surface area (Å²) in [5, 5.41) is 6.52. The van der Waals surface area contributed by atoms with Crippen molar-refractivity contribution in [3.05, 3.63) is 0 Å². The molecule has 0 aliphatic heterocycles. The minimum Gasteiger partial charge on any atom is -0.385 e. The first kappa shape index (κ1) is 18.2. The third-order valence-electron chi connectivity index (χ3n) is 2.83. The summed E-state index contributed by atoms with van der Waals surface area (Å²) in [4.78, 5) is 4.58. The molecule has 5 heteroatoms. The van der Waals surface area contributed by atoms with Gasteiger partial charge in [-0.25, -0.2) is 0 Å². The molecule has 0 rings (SSSR count). The van der Waals surface area contributed by atoms with E-state index in [0.29, 0.717) is 6.54 Å². The van der Waals surface area contributed by atoms with Crippen molar-refractivity contribution < 1.29 is 9.47 Å². The average molecular weight is 273 g/mol. The van der Waals surface area contributed by atoms with Gasteiger partial charge >= 0.3 is 0 Å². The SMILES string of the molecule is CCNC(=NCC(OC)C(C)(C)C)NCCCOC. The molecule has 0 aromatic rings. The molecule has 1 atom stereocenters. The fourth-order valence-corrected chi connectivity index (χ4v) is 1.64. The second kappa shape index (κ2) is 10.0. The molecule has 0 saturated heterocycles. The van der Waals surface area contributed by atoms with Crippen LogP contribution in [-0.2, 0) is 9.47 Å². The lowest BCUT2D eigenvalue weighted by Gasteiger charge is -2.28. The summed E-state index contributed by atoms with van der Waals surface area (Å²) in [6.07, 6.45) is 1.08. The van der Waals surface area contributed by atoms with E-state index in [1.54, 1.807) is 14.2 Å². The van der Waals surface area contributed by atoms with Crippen molar-refractivity contribution in [3.63, 3.8) is 0 Å². The molecule has 0 radical (unpaired) electrons. The van der Waals surface area contributed by atoms with E-state index in [4.69, 9.17) is 9.47 Å². The van der Waals surface area contributed by atoms with Crippen LogP contribution in [0, 0.1) is 5.41 Å². The van der Waals surface area contributed by atoms with Crippen LogP contribution in [0.3, 0.4) is 0 Å². The Balaban J connectivity index is 4.30. The van der Waals surface area contributed by atoms with Crippen molar-refractivity contribution >= 4 is 5.96 Å². The zero-order valence-electron chi connectivity index (χ0n) is 13.4. The van der Waals surface area contributed by atoms with Crippen LogP contribution < -0.4 is 10.6 Å². The third kappa shape index (κ3) is 8.83. The monoisotopic (exact) mass is 273 g/mol. The van der Waals surface area contributed by atoms with Gasteiger partial charge in [-0.2, -0.15) is 0 Å². The van der Waals surface area contributed by atoms with Gasteiger partial charge in [0, 0.05) is 33.9 Å². The van der Waals surface area contributed by atoms with Crippen LogP contribution in [0.4, 0.5) is 0 Å². The van der Waals surface area contributed by atoms with Crippen molar-refractivity contribution in [2.24, 2.45) is 10.4 Å². The topological polar surface area (TPSA) is 54.9 Å². The predicted octanol–water partition coefficient (Wildman–Crippen LogP) is 1.64. The number of hydrogen-bond acceptors (Lipinski definition) is 3. The van der Waals surface area contributed by atoms with Gasteiger partial charge in [0.2, 0.25) is 0 Å². The normalized spacial score (nSPS) is 14.3. The minimum atomic E-state index is 0.0889. The van der Waals surface area contributed by atoms with Gasteiger partial charge in [-0.3, -0.25) is 4.99 Å². The van der Waals surface area contributed by atoms with E-state index in [1.165, 1.54) is 0 Å². The van der Waals surface area contributed by atoms with E-state index in [0.717, 1.165) is 32.1 Å². The summed E-state index contributed by atoms with van der Waals surface area (Å²) >= 11 is 0. The van der Waals surface area contributed by atoms with Gasteiger partial charge in [-0.05, 0) is 18.8 Å². The summed E-state index contributed by atoms with van der Waals surface area (Å²) in [5.41, 5.74) is 0.0889. The van der Waals surface area contributed by atoms with E-state index in [2.05, 4.69) is 43.3 Å². The number of guanidine groups is 1. The molecule has 5 nitrogen and oxygen atoms in total. The van der Waals surface area contributed by atoms with Gasteiger partial charge in [-0.1, -0.05) is 20.8 Å². The minimum absolute atomic E-state index is 0.0889. The van der Waals surface area contributed by atoms with Crippen molar-refractivity contribution in [2.45, 2.75) is 40.2 Å². The Hall–Kier alpha value is -0.810. The molecule has 0 aromatic carbocycles. The Bertz CT molecular complexity index is 250. The van der Waals surface area contributed by atoms with E-state index in [9.17, 15) is 0 Å². The van der Waals surface area contributed by atoms with Crippen LogP contribution in [0.15, 0.2) is 4.99 Å². The van der Waals surface area contributed by atoms with Crippen LogP contribution in [0.5, 0.6) is 0 Å². The van der Waals surface area contributed by atoms with Crippen LogP contribution >= 0.6 is 0 Å². The lowest BCUT2D eigenvalue weighted by atomic mass is 9.89. The van der Waals surface area contributed by atoms with Crippen molar-refractivity contribution in [3.8, 4) is 0 Å². The zero-order valence-corrected chi connectivity index (χ0v) is 13.4. The highest BCUT2D eigenvalue weighted by atomic mass is 16.5. The standard InChI is InChI=1S/C14H31N3O2/c1-7-15-13(16-9-8-10-18-5)17-11-12(19-6)14(2,3)4/h12H,7-11H2,1-6H3,(H2,15,16,17). The lowest BCUT2D eigenvalue weighted by molar-refractivity contribution is 0.0241. The smallest absolute Gasteiger partial charge is 0.191 e. The molecule has 1 unspecified atom stereocenters. The summed E-state index contributed by atoms with van der Waals surface area (Å²) in [6, 6.07) is 0. The molecule has 0 saturated carbocycles. The molecular weight excluding hydrogens is 242 g/mol. The summed E-state index contributed by atoms with van der Waals surface area (Å²) in [7, 11) is 3.45. The lowest BCUT2D eigenvalue weighted by Crippen LogP contribution is -2.40. The number of nitrogens with zero attached hydrogens (tertiary/aromatic N) is 1. The molecule has 19 heavy (non-hydrogen) atoms. The Labute approximate surface area is 118 Å². The number of aliphatic imine (C=N–C) groups is 1. The van der Waals surface area contributed by atoms with Gasteiger partial charge in [0.15, 0.2) is 5.96 Å². The number of nitrogens with one attached hydrogen (secondary N) is 2. The van der Waals surface area contributed by atoms with Crippen molar-refractivity contribution in [1.82, 2.24) is 10.6 Å². The Kier molecular flexibility index (Phi) is 9.61. The van der Waals surface area contributed by atoms with Crippen molar-refractivity contribution in [1.29, 1.82) is 0 Å². The number of rotatable bonds is 8. The third-order valence-corrected chi connectivity index (χ3v) is 2.83. The molecule has 0 aromatic heterocycles. The quantitative estimate of drug-likeness (QED) is 0.401. The van der Waals surface area contributed by atoms with Crippen LogP contribution in [-0.4, -0.2) is 52.5 Å². The molecule has 0 aliphatic rings. The maximum absolute atomic E-state index is 5.50. The molecule has 2 N–H and O–H groups in total. The van der Waals surface area contributed by atoms with Gasteiger partial charge < -0.3 is 20.1 Å². The number of ether oxygens (including phenoxy) is 2. The van der Waals surface area contributed by atoms with Crippen LogP contribution in [0.25, 0.3) is 0 Å². The molecule has 114 valence electrons. The first-order valence-electron chi connectivity index (χ1n) is 6.99. The van der Waals surface area contributed by atoms with Gasteiger partial charge in [0.05, 0.1) is 12.6 Å². The molecule has 0 spiro atoms. The molecule has 0 fully saturated rings. The second-order valence-electron chi connectivity index (χ2n) is 5.58. The summed E-state index contributed by atoms with van der Waals surface area (Å²) in [6.45, 7) is 11.7. The highest BCUT2D eigenvalue weighted by Gasteiger charge is 2.23. The number of hydrogen-bond donors (Lipinski definition) is 2. The molecule has 0 heterocycles. The maximum Gasteiger partial charge on any atom is 0.191 e. The maximum atomic E-state index is 5.50. The fraction of sp³-hybridized carbons (Fsp3) is 0.929. The largest absolute Gasteiger partial charge is 0.385 e. The Morgan fingerprint density at radius 3 is 2.37 bits per heavy atom. The van der Waals surface area contributed by atoms with Crippen molar-refractivity contribution in [2.75, 3.05) is 40.5 Å². The summed E-state index contributed by atoms with van der Waals surface area (Å²) in [5.74, 6) is 0.838.